The molecule has 0 fully saturated rings. The summed E-state index contributed by atoms with van der Waals surface area (Å²) in [4.78, 5) is 0. The maximum Gasteiger partial charge on any atom is 0.0500 e. The van der Waals surface area contributed by atoms with Crippen molar-refractivity contribution in [1.29, 1.82) is 0 Å². The molecule has 2 heteroatoms. The van der Waals surface area contributed by atoms with Gasteiger partial charge in [0.25, 0.3) is 0 Å². The molecule has 0 saturated heterocycles. The fourth-order valence-corrected chi connectivity index (χ4v) is 1.24. The van der Waals surface area contributed by atoms with Gasteiger partial charge in [-0.1, -0.05) is 30.3 Å². The van der Waals surface area contributed by atoms with Crippen molar-refractivity contribution >= 4 is 0 Å². The van der Waals surface area contributed by atoms with Crippen LogP contribution >= 0.6 is 0 Å². The molecule has 0 spiro atoms. The van der Waals surface area contributed by atoms with Gasteiger partial charge in [0.05, 0.1) is 6.61 Å². The van der Waals surface area contributed by atoms with E-state index in [4.69, 9.17) is 10.2 Å². The smallest absolute Gasteiger partial charge is 0.0500 e. The highest BCUT2D eigenvalue weighted by atomic mass is 16.3. The Morgan fingerprint density at radius 3 is 2.25 bits per heavy atom. The van der Waals surface area contributed by atoms with Gasteiger partial charge in [0.1, 0.15) is 0 Å². The maximum absolute atomic E-state index is 9.00. The van der Waals surface area contributed by atoms with Crippen LogP contribution in [-0.4, -0.2) is 23.4 Å². The number of hydrogen-bond acceptors (Lipinski definition) is 2. The maximum atomic E-state index is 9.00. The van der Waals surface area contributed by atoms with Crippen molar-refractivity contribution in [1.82, 2.24) is 0 Å². The molecular formula is C10H14O2. The first-order chi connectivity index (χ1) is 5.88. The average Bonchev–Trinajstić information content (AvgIpc) is 2.15. The SMILES string of the molecule is OCCC(CO)c1ccccc1. The summed E-state index contributed by atoms with van der Waals surface area (Å²) < 4.78 is 0. The Hall–Kier alpha value is -0.860. The normalized spacial score (nSPS) is 12.8. The highest BCUT2D eigenvalue weighted by Gasteiger charge is 2.07. The van der Waals surface area contributed by atoms with Crippen LogP contribution in [0.5, 0.6) is 0 Å². The molecule has 2 nitrogen and oxygen atoms in total. The molecule has 12 heavy (non-hydrogen) atoms. The summed E-state index contributed by atoms with van der Waals surface area (Å²) in [5.41, 5.74) is 1.09. The molecule has 0 saturated carbocycles. The van der Waals surface area contributed by atoms with Crippen LogP contribution in [0.4, 0.5) is 0 Å². The summed E-state index contributed by atoms with van der Waals surface area (Å²) in [7, 11) is 0. The fourth-order valence-electron chi connectivity index (χ4n) is 1.24. The largest absolute Gasteiger partial charge is 0.396 e. The summed E-state index contributed by atoms with van der Waals surface area (Å²) >= 11 is 0. The molecule has 0 aliphatic heterocycles. The second-order valence-corrected chi connectivity index (χ2v) is 2.80. The van der Waals surface area contributed by atoms with Crippen molar-refractivity contribution in [3.63, 3.8) is 0 Å². The molecule has 0 heterocycles. The molecule has 1 aromatic carbocycles. The van der Waals surface area contributed by atoms with E-state index >= 15 is 0 Å². The minimum atomic E-state index is 0.0798. The zero-order chi connectivity index (χ0) is 8.81. The second-order valence-electron chi connectivity index (χ2n) is 2.80. The van der Waals surface area contributed by atoms with Gasteiger partial charge in [-0.3, -0.25) is 0 Å². The van der Waals surface area contributed by atoms with Crippen molar-refractivity contribution in [2.75, 3.05) is 13.2 Å². The summed E-state index contributed by atoms with van der Waals surface area (Å²) in [5, 5.41) is 17.7. The quantitative estimate of drug-likeness (QED) is 0.704. The molecule has 0 aliphatic carbocycles. The van der Waals surface area contributed by atoms with Crippen LogP contribution in [0, 0.1) is 0 Å². The molecule has 0 amide bonds. The minimum absolute atomic E-state index is 0.0798. The Kier molecular flexibility index (Phi) is 3.77. The van der Waals surface area contributed by atoms with E-state index in [0.29, 0.717) is 6.42 Å². The summed E-state index contributed by atoms with van der Waals surface area (Å²) in [5.74, 6) is 0.0798. The lowest BCUT2D eigenvalue weighted by Gasteiger charge is -2.12. The van der Waals surface area contributed by atoms with Crippen LogP contribution in [0.3, 0.4) is 0 Å². The number of hydrogen-bond donors (Lipinski definition) is 2. The summed E-state index contributed by atoms with van der Waals surface area (Å²) in [6.07, 6.45) is 0.626. The van der Waals surface area contributed by atoms with E-state index in [1.807, 2.05) is 30.3 Å². The van der Waals surface area contributed by atoms with Gasteiger partial charge in [0.15, 0.2) is 0 Å². The first-order valence-electron chi connectivity index (χ1n) is 4.15. The summed E-state index contributed by atoms with van der Waals surface area (Å²) in [6, 6.07) is 9.76. The molecule has 0 aromatic heterocycles. The number of aliphatic hydroxyl groups is 2. The molecule has 0 aliphatic rings. The van der Waals surface area contributed by atoms with Gasteiger partial charge >= 0.3 is 0 Å². The van der Waals surface area contributed by atoms with Gasteiger partial charge in [-0.25, -0.2) is 0 Å². The highest BCUT2D eigenvalue weighted by Crippen LogP contribution is 2.17. The molecular weight excluding hydrogens is 152 g/mol. The third-order valence-corrected chi connectivity index (χ3v) is 1.97. The minimum Gasteiger partial charge on any atom is -0.396 e. The van der Waals surface area contributed by atoms with Gasteiger partial charge in [-0.05, 0) is 12.0 Å². The standard InChI is InChI=1S/C10H14O2/c11-7-6-10(8-12)9-4-2-1-3-5-9/h1-5,10-12H,6-8H2. The molecule has 66 valence electrons. The van der Waals surface area contributed by atoms with E-state index in [1.54, 1.807) is 0 Å². The lowest BCUT2D eigenvalue weighted by molar-refractivity contribution is 0.220. The first kappa shape index (κ1) is 9.23. The zero-order valence-corrected chi connectivity index (χ0v) is 6.98. The molecule has 2 N–H and O–H groups in total. The van der Waals surface area contributed by atoms with Gasteiger partial charge < -0.3 is 10.2 Å². The lowest BCUT2D eigenvalue weighted by atomic mass is 9.97. The van der Waals surface area contributed by atoms with Crippen molar-refractivity contribution in [3.8, 4) is 0 Å². The highest BCUT2D eigenvalue weighted by molar-refractivity contribution is 5.19. The lowest BCUT2D eigenvalue weighted by Crippen LogP contribution is -2.05. The van der Waals surface area contributed by atoms with E-state index in [0.717, 1.165) is 5.56 Å². The predicted molar refractivity (Wildman–Crippen MR) is 48.0 cm³/mol. The Labute approximate surface area is 72.5 Å². The fraction of sp³-hybridized carbons (Fsp3) is 0.400. The van der Waals surface area contributed by atoms with Gasteiger partial charge in [0.2, 0.25) is 0 Å². The topological polar surface area (TPSA) is 40.5 Å². The molecule has 1 rings (SSSR count). The second kappa shape index (κ2) is 4.91. The van der Waals surface area contributed by atoms with Crippen LogP contribution in [0.15, 0.2) is 30.3 Å². The first-order valence-corrected chi connectivity index (χ1v) is 4.15. The van der Waals surface area contributed by atoms with Crippen LogP contribution in [0.2, 0.25) is 0 Å². The molecule has 0 bridgehead atoms. The molecule has 0 radical (unpaired) electrons. The van der Waals surface area contributed by atoms with E-state index in [2.05, 4.69) is 0 Å². The van der Waals surface area contributed by atoms with E-state index in [1.165, 1.54) is 0 Å². The number of aliphatic hydroxyl groups excluding tert-OH is 2. The van der Waals surface area contributed by atoms with Crippen molar-refractivity contribution < 1.29 is 10.2 Å². The zero-order valence-electron chi connectivity index (χ0n) is 6.98. The van der Waals surface area contributed by atoms with Gasteiger partial charge in [-0.15, -0.1) is 0 Å². The third-order valence-electron chi connectivity index (χ3n) is 1.97. The van der Waals surface area contributed by atoms with Crippen LogP contribution in [0.1, 0.15) is 17.9 Å². The Bertz CT molecular complexity index is 208. The number of rotatable bonds is 4. The van der Waals surface area contributed by atoms with E-state index < -0.39 is 0 Å². The number of benzene rings is 1. The Balaban J connectivity index is 2.66. The Morgan fingerprint density at radius 2 is 1.75 bits per heavy atom. The van der Waals surface area contributed by atoms with Crippen molar-refractivity contribution in [3.05, 3.63) is 35.9 Å². The monoisotopic (exact) mass is 166 g/mol. The van der Waals surface area contributed by atoms with Crippen LogP contribution < -0.4 is 0 Å². The van der Waals surface area contributed by atoms with Crippen LogP contribution in [-0.2, 0) is 0 Å². The Morgan fingerprint density at radius 1 is 1.08 bits per heavy atom. The molecule has 1 aromatic rings. The van der Waals surface area contributed by atoms with Gasteiger partial charge in [-0.2, -0.15) is 0 Å². The molecule has 1 unspecified atom stereocenters. The van der Waals surface area contributed by atoms with E-state index in [-0.39, 0.29) is 19.1 Å². The predicted octanol–water partition coefficient (Wildman–Crippen LogP) is 1.14. The van der Waals surface area contributed by atoms with Crippen molar-refractivity contribution in [2.45, 2.75) is 12.3 Å². The van der Waals surface area contributed by atoms with Gasteiger partial charge in [0, 0.05) is 12.5 Å². The summed E-state index contributed by atoms with van der Waals surface area (Å²) in [6.45, 7) is 0.227. The molecule has 1 atom stereocenters. The van der Waals surface area contributed by atoms with E-state index in [9.17, 15) is 0 Å². The average molecular weight is 166 g/mol. The van der Waals surface area contributed by atoms with Crippen molar-refractivity contribution in [2.24, 2.45) is 0 Å². The third kappa shape index (κ3) is 2.32. The van der Waals surface area contributed by atoms with Crippen LogP contribution in [0.25, 0.3) is 0 Å².